The average molecular weight is 241 g/mol. The maximum Gasteiger partial charge on any atom is 0.308 e. The van der Waals surface area contributed by atoms with Gasteiger partial charge >= 0.3 is 5.97 Å². The van der Waals surface area contributed by atoms with Crippen molar-refractivity contribution in [2.75, 3.05) is 0 Å². The molecule has 1 rings (SSSR count). The Bertz CT molecular complexity index is 384. The van der Waals surface area contributed by atoms with Crippen LogP contribution in [0.25, 0.3) is 0 Å². The topological polar surface area (TPSA) is 43.4 Å². The molecule has 0 fully saturated rings. The highest BCUT2D eigenvalue weighted by atomic mass is 35.5. The van der Waals surface area contributed by atoms with Crippen LogP contribution >= 0.6 is 11.6 Å². The molecule has 1 aromatic carbocycles. The van der Waals surface area contributed by atoms with Crippen molar-refractivity contribution in [3.63, 3.8) is 0 Å². The standard InChI is InChI=1S/C12H13ClO3/c1-3-11(13)12(15)9-4-6-10(7-5-9)16-8(2)14/h4-7,11H,3H2,1-2H3. The summed E-state index contributed by atoms with van der Waals surface area (Å²) in [4.78, 5) is 22.3. The SMILES string of the molecule is CCC(Cl)C(=O)c1ccc(OC(C)=O)cc1. The van der Waals surface area contributed by atoms with Crippen molar-refractivity contribution in [2.24, 2.45) is 0 Å². The van der Waals surface area contributed by atoms with Crippen LogP contribution in [0.15, 0.2) is 24.3 Å². The molecule has 4 heteroatoms. The minimum absolute atomic E-state index is 0.112. The van der Waals surface area contributed by atoms with E-state index in [0.717, 1.165) is 0 Å². The average Bonchev–Trinajstić information content (AvgIpc) is 2.27. The Hall–Kier alpha value is -1.35. The molecule has 86 valence electrons. The van der Waals surface area contributed by atoms with E-state index in [4.69, 9.17) is 16.3 Å². The van der Waals surface area contributed by atoms with Crippen LogP contribution in [0.5, 0.6) is 5.75 Å². The Morgan fingerprint density at radius 2 is 1.88 bits per heavy atom. The number of benzene rings is 1. The van der Waals surface area contributed by atoms with Crippen molar-refractivity contribution in [3.05, 3.63) is 29.8 Å². The number of carbonyl (C=O) groups is 2. The molecule has 0 saturated carbocycles. The summed E-state index contributed by atoms with van der Waals surface area (Å²) in [5, 5.41) is -0.500. The minimum atomic E-state index is -0.500. The van der Waals surface area contributed by atoms with Gasteiger partial charge in [-0.15, -0.1) is 11.6 Å². The van der Waals surface area contributed by atoms with E-state index in [0.29, 0.717) is 17.7 Å². The van der Waals surface area contributed by atoms with Gasteiger partial charge in [-0.25, -0.2) is 0 Å². The molecule has 0 aromatic heterocycles. The minimum Gasteiger partial charge on any atom is -0.427 e. The zero-order valence-electron chi connectivity index (χ0n) is 9.20. The molecular formula is C12H13ClO3. The van der Waals surface area contributed by atoms with Crippen LogP contribution < -0.4 is 4.74 Å². The van der Waals surface area contributed by atoms with Crippen LogP contribution in [0.2, 0.25) is 0 Å². The fourth-order valence-corrected chi connectivity index (χ4v) is 1.35. The lowest BCUT2D eigenvalue weighted by molar-refractivity contribution is -0.131. The molecule has 0 aliphatic heterocycles. The molecule has 1 unspecified atom stereocenters. The highest BCUT2D eigenvalue weighted by molar-refractivity contribution is 6.33. The highest BCUT2D eigenvalue weighted by Crippen LogP contribution is 2.16. The first-order valence-electron chi connectivity index (χ1n) is 5.01. The molecule has 0 spiro atoms. The van der Waals surface area contributed by atoms with Crippen molar-refractivity contribution < 1.29 is 14.3 Å². The van der Waals surface area contributed by atoms with Gasteiger partial charge in [0.25, 0.3) is 0 Å². The van der Waals surface area contributed by atoms with Crippen molar-refractivity contribution in [1.29, 1.82) is 0 Å². The summed E-state index contributed by atoms with van der Waals surface area (Å²) in [6.45, 7) is 3.17. The number of esters is 1. The lowest BCUT2D eigenvalue weighted by Crippen LogP contribution is -2.13. The molecule has 0 radical (unpaired) electrons. The molecule has 0 N–H and O–H groups in total. The number of Topliss-reactive ketones (excluding diaryl/α,β-unsaturated/α-hetero) is 1. The van der Waals surface area contributed by atoms with Crippen LogP contribution in [-0.4, -0.2) is 17.1 Å². The summed E-state index contributed by atoms with van der Waals surface area (Å²) in [6, 6.07) is 6.36. The van der Waals surface area contributed by atoms with Crippen LogP contribution in [-0.2, 0) is 4.79 Å². The van der Waals surface area contributed by atoms with E-state index in [2.05, 4.69) is 0 Å². The molecule has 3 nitrogen and oxygen atoms in total. The van der Waals surface area contributed by atoms with E-state index in [-0.39, 0.29) is 11.8 Å². The summed E-state index contributed by atoms with van der Waals surface area (Å²) >= 11 is 5.84. The zero-order chi connectivity index (χ0) is 12.1. The Balaban J connectivity index is 2.78. The van der Waals surface area contributed by atoms with Crippen molar-refractivity contribution >= 4 is 23.4 Å². The van der Waals surface area contributed by atoms with E-state index in [1.54, 1.807) is 24.3 Å². The maximum atomic E-state index is 11.7. The third kappa shape index (κ3) is 3.35. The third-order valence-electron chi connectivity index (χ3n) is 2.04. The maximum absolute atomic E-state index is 11.7. The summed E-state index contributed by atoms with van der Waals surface area (Å²) in [6.07, 6.45) is 0.589. The number of halogens is 1. The molecule has 0 saturated heterocycles. The third-order valence-corrected chi connectivity index (χ3v) is 2.55. The highest BCUT2D eigenvalue weighted by Gasteiger charge is 2.15. The van der Waals surface area contributed by atoms with Gasteiger partial charge in [-0.2, -0.15) is 0 Å². The lowest BCUT2D eigenvalue weighted by Gasteiger charge is -2.06. The van der Waals surface area contributed by atoms with Crippen LogP contribution in [0.1, 0.15) is 30.6 Å². The Kier molecular flexibility index (Phi) is 4.50. The molecular weight excluding hydrogens is 228 g/mol. The molecule has 1 atom stereocenters. The van der Waals surface area contributed by atoms with E-state index in [1.165, 1.54) is 6.92 Å². The Labute approximate surface area is 99.4 Å². The number of carbonyl (C=O) groups excluding carboxylic acids is 2. The summed E-state index contributed by atoms with van der Waals surface area (Å²) in [5.41, 5.74) is 0.526. The fraction of sp³-hybridized carbons (Fsp3) is 0.333. The first-order chi connectivity index (χ1) is 7.54. The second-order valence-electron chi connectivity index (χ2n) is 3.36. The Morgan fingerprint density at radius 3 is 2.31 bits per heavy atom. The quantitative estimate of drug-likeness (QED) is 0.352. The van der Waals surface area contributed by atoms with Crippen LogP contribution in [0, 0.1) is 0 Å². The van der Waals surface area contributed by atoms with Crippen LogP contribution in [0.3, 0.4) is 0 Å². The molecule has 16 heavy (non-hydrogen) atoms. The molecule has 0 heterocycles. The Morgan fingerprint density at radius 1 is 1.31 bits per heavy atom. The van der Waals surface area contributed by atoms with Crippen LogP contribution in [0.4, 0.5) is 0 Å². The molecule has 0 amide bonds. The van der Waals surface area contributed by atoms with Gasteiger partial charge in [0.05, 0.1) is 5.38 Å². The predicted molar refractivity (Wildman–Crippen MR) is 62.0 cm³/mol. The van der Waals surface area contributed by atoms with Gasteiger partial charge in [0.2, 0.25) is 0 Å². The van der Waals surface area contributed by atoms with Gasteiger partial charge in [0.1, 0.15) is 5.75 Å². The van der Waals surface area contributed by atoms with E-state index in [9.17, 15) is 9.59 Å². The zero-order valence-corrected chi connectivity index (χ0v) is 9.95. The van der Waals surface area contributed by atoms with E-state index in [1.807, 2.05) is 6.92 Å². The van der Waals surface area contributed by atoms with Gasteiger partial charge in [-0.05, 0) is 30.7 Å². The van der Waals surface area contributed by atoms with Crippen molar-refractivity contribution in [1.82, 2.24) is 0 Å². The number of hydrogen-bond acceptors (Lipinski definition) is 3. The monoisotopic (exact) mass is 240 g/mol. The summed E-state index contributed by atoms with van der Waals surface area (Å²) in [7, 11) is 0. The van der Waals surface area contributed by atoms with Gasteiger partial charge < -0.3 is 4.74 Å². The first-order valence-corrected chi connectivity index (χ1v) is 5.45. The number of ketones is 1. The lowest BCUT2D eigenvalue weighted by atomic mass is 10.1. The predicted octanol–water partition coefficient (Wildman–Crippen LogP) is 2.81. The largest absolute Gasteiger partial charge is 0.427 e. The second kappa shape index (κ2) is 5.66. The van der Waals surface area contributed by atoms with E-state index >= 15 is 0 Å². The molecule has 1 aromatic rings. The normalized spacial score (nSPS) is 11.9. The smallest absolute Gasteiger partial charge is 0.308 e. The van der Waals surface area contributed by atoms with Gasteiger partial charge in [-0.1, -0.05) is 6.92 Å². The summed E-state index contributed by atoms with van der Waals surface area (Å²) < 4.78 is 4.85. The van der Waals surface area contributed by atoms with Crippen molar-refractivity contribution in [3.8, 4) is 5.75 Å². The molecule has 0 aliphatic rings. The number of alkyl halides is 1. The van der Waals surface area contributed by atoms with Gasteiger partial charge in [0.15, 0.2) is 5.78 Å². The second-order valence-corrected chi connectivity index (χ2v) is 3.88. The number of hydrogen-bond donors (Lipinski definition) is 0. The van der Waals surface area contributed by atoms with Crippen molar-refractivity contribution in [2.45, 2.75) is 25.6 Å². The molecule has 0 aliphatic carbocycles. The fourth-order valence-electron chi connectivity index (χ4n) is 1.22. The molecule has 0 bridgehead atoms. The van der Waals surface area contributed by atoms with Gasteiger partial charge in [-0.3, -0.25) is 9.59 Å². The number of ether oxygens (including phenoxy) is 1. The first kappa shape index (κ1) is 12.7. The van der Waals surface area contributed by atoms with Gasteiger partial charge in [0, 0.05) is 12.5 Å². The number of rotatable bonds is 4. The van der Waals surface area contributed by atoms with E-state index < -0.39 is 5.38 Å². The summed E-state index contributed by atoms with van der Waals surface area (Å²) in [5.74, 6) is -0.0759.